The van der Waals surface area contributed by atoms with Crippen molar-refractivity contribution in [2.45, 2.75) is 43.5 Å². The average Bonchev–Trinajstić information content (AvgIpc) is 3.49. The van der Waals surface area contributed by atoms with Crippen LogP contribution in [0.25, 0.3) is 11.2 Å². The molecule has 13 nitrogen and oxygen atoms in total. The molecule has 37 heavy (non-hydrogen) atoms. The molecular formula is C21H20F2N5O8P. The van der Waals surface area contributed by atoms with Crippen molar-refractivity contribution in [2.75, 3.05) is 18.9 Å². The molecule has 0 saturated carbocycles. The second kappa shape index (κ2) is 8.67. The number of nitrogens with zero attached hydrogens (tertiary/aromatic N) is 4. The van der Waals surface area contributed by atoms with E-state index in [1.165, 1.54) is 23.3 Å². The smallest absolute Gasteiger partial charge is 0.424 e. The largest absolute Gasteiger partial charge is 0.509 e. The predicted octanol–water partition coefficient (Wildman–Crippen LogP) is 3.18. The first-order valence-electron chi connectivity index (χ1n) is 11.2. The quantitative estimate of drug-likeness (QED) is 0.373. The maximum Gasteiger partial charge on any atom is 0.509 e. The summed E-state index contributed by atoms with van der Waals surface area (Å²) in [4.78, 5) is 24.4. The second-order valence-electron chi connectivity index (χ2n) is 8.82. The van der Waals surface area contributed by atoms with E-state index in [1.807, 2.05) is 0 Å². The highest BCUT2D eigenvalue weighted by molar-refractivity contribution is 7.48. The van der Waals surface area contributed by atoms with Crippen molar-refractivity contribution in [2.24, 2.45) is 0 Å². The maximum absolute atomic E-state index is 13.7. The lowest BCUT2D eigenvalue weighted by atomic mass is 9.96. The Hall–Kier alpha value is -3.23. The molecule has 16 heteroatoms. The molecule has 3 aliphatic rings. The minimum absolute atomic E-state index is 0.0174. The van der Waals surface area contributed by atoms with Gasteiger partial charge in [-0.05, 0) is 24.6 Å². The second-order valence-corrected chi connectivity index (χ2v) is 10.4. The van der Waals surface area contributed by atoms with Gasteiger partial charge in [0.25, 0.3) is 0 Å². The topological polar surface area (TPSA) is 159 Å². The lowest BCUT2D eigenvalue weighted by Crippen LogP contribution is -2.42. The van der Waals surface area contributed by atoms with Gasteiger partial charge in [-0.2, -0.15) is 0 Å². The number of hydrogen-bond acceptors (Lipinski definition) is 12. The lowest BCUT2D eigenvalue weighted by molar-refractivity contribution is -0.0925. The van der Waals surface area contributed by atoms with Crippen molar-refractivity contribution in [3.63, 3.8) is 0 Å². The zero-order valence-electron chi connectivity index (χ0n) is 19.2. The standard InChI is InChI=1S/C21H20F2N5O8P/c1-21-16(34-20(29)35-21)14(33-19(21)28-9-27-15-17(24)25-8-26-18(15)28)7-32-37(30)31-5-4-13(36-37)10-2-3-11(22)12(23)6-10/h2-3,6,8-9,13-14,16,19H,4-5,7H2,1H3,(H2,24,25,26)/t13?,14-,16-,19-,21-,37?/m1/s1. The van der Waals surface area contributed by atoms with Crippen LogP contribution in [0.4, 0.5) is 19.4 Å². The fourth-order valence-corrected chi connectivity index (χ4v) is 6.08. The number of nitrogens with two attached hydrogens (primary N) is 1. The Morgan fingerprint density at radius 2 is 2.11 bits per heavy atom. The number of ether oxygens (including phenoxy) is 3. The number of hydrogen-bond donors (Lipinski definition) is 1. The Kier molecular flexibility index (Phi) is 5.65. The number of phosphoric acid groups is 1. The summed E-state index contributed by atoms with van der Waals surface area (Å²) in [5.41, 5.74) is 5.49. The van der Waals surface area contributed by atoms with Gasteiger partial charge in [-0.1, -0.05) is 6.07 Å². The molecule has 6 atom stereocenters. The first kappa shape index (κ1) is 24.1. The third kappa shape index (κ3) is 4.03. The molecule has 3 aromatic rings. The van der Waals surface area contributed by atoms with Crippen LogP contribution in [0.2, 0.25) is 0 Å². The van der Waals surface area contributed by atoms with Crippen molar-refractivity contribution in [1.29, 1.82) is 0 Å². The van der Waals surface area contributed by atoms with E-state index in [1.54, 1.807) is 6.92 Å². The van der Waals surface area contributed by atoms with Gasteiger partial charge in [0.05, 0.1) is 25.6 Å². The van der Waals surface area contributed by atoms with Crippen LogP contribution in [-0.2, 0) is 32.3 Å². The number of carbonyl (C=O) groups excluding carboxylic acids is 1. The van der Waals surface area contributed by atoms with Crippen LogP contribution in [0.1, 0.15) is 31.2 Å². The van der Waals surface area contributed by atoms with E-state index in [-0.39, 0.29) is 31.0 Å². The van der Waals surface area contributed by atoms with Gasteiger partial charge in [-0.15, -0.1) is 0 Å². The number of imidazole rings is 1. The third-order valence-electron chi connectivity index (χ3n) is 6.46. The van der Waals surface area contributed by atoms with Crippen molar-refractivity contribution in [1.82, 2.24) is 19.5 Å². The van der Waals surface area contributed by atoms with Crippen LogP contribution in [0, 0.1) is 11.6 Å². The van der Waals surface area contributed by atoms with Crippen LogP contribution in [-0.4, -0.2) is 56.7 Å². The number of aromatic nitrogens is 4. The zero-order valence-corrected chi connectivity index (χ0v) is 20.0. The van der Waals surface area contributed by atoms with Crippen molar-refractivity contribution >= 4 is 31.0 Å². The number of fused-ring (bicyclic) bond motifs is 2. The Morgan fingerprint density at radius 3 is 2.92 bits per heavy atom. The molecule has 196 valence electrons. The molecule has 3 saturated heterocycles. The molecule has 2 aromatic heterocycles. The van der Waals surface area contributed by atoms with E-state index >= 15 is 0 Å². The van der Waals surface area contributed by atoms with Gasteiger partial charge in [0.2, 0.25) is 0 Å². The summed E-state index contributed by atoms with van der Waals surface area (Å²) in [5, 5.41) is 0. The molecule has 2 unspecified atom stereocenters. The van der Waals surface area contributed by atoms with Gasteiger partial charge in [0, 0.05) is 6.42 Å². The monoisotopic (exact) mass is 539 g/mol. The molecule has 5 heterocycles. The van der Waals surface area contributed by atoms with E-state index in [4.69, 9.17) is 33.5 Å². The van der Waals surface area contributed by atoms with Gasteiger partial charge < -0.3 is 19.9 Å². The van der Waals surface area contributed by atoms with E-state index < -0.39 is 55.8 Å². The highest BCUT2D eigenvalue weighted by Crippen LogP contribution is 2.58. The van der Waals surface area contributed by atoms with E-state index in [0.717, 1.165) is 12.1 Å². The molecule has 2 N–H and O–H groups in total. The molecule has 3 aliphatic heterocycles. The number of halogens is 2. The number of nitrogen functional groups attached to an aromatic ring is 1. The number of phosphoric ester groups is 1. The summed E-state index contributed by atoms with van der Waals surface area (Å²) in [6.45, 7) is 1.22. The van der Waals surface area contributed by atoms with Gasteiger partial charge in [0.1, 0.15) is 17.9 Å². The molecular weight excluding hydrogens is 519 g/mol. The fourth-order valence-electron chi connectivity index (χ4n) is 4.68. The van der Waals surface area contributed by atoms with Gasteiger partial charge in [-0.25, -0.2) is 33.1 Å². The van der Waals surface area contributed by atoms with E-state index in [2.05, 4.69) is 15.0 Å². The lowest BCUT2D eigenvalue weighted by Gasteiger charge is -2.30. The Bertz CT molecular complexity index is 1440. The summed E-state index contributed by atoms with van der Waals surface area (Å²) in [5.74, 6) is -1.92. The van der Waals surface area contributed by atoms with Crippen molar-refractivity contribution in [3.05, 3.63) is 48.1 Å². The number of benzene rings is 1. The molecule has 6 rings (SSSR count). The Morgan fingerprint density at radius 1 is 1.27 bits per heavy atom. The summed E-state index contributed by atoms with van der Waals surface area (Å²) in [7, 11) is -4.15. The molecule has 0 amide bonds. The molecule has 0 spiro atoms. The van der Waals surface area contributed by atoms with Gasteiger partial charge in [0.15, 0.2) is 41.0 Å². The summed E-state index contributed by atoms with van der Waals surface area (Å²) < 4.78 is 75.0. The third-order valence-corrected chi connectivity index (χ3v) is 7.94. The van der Waals surface area contributed by atoms with E-state index in [0.29, 0.717) is 11.2 Å². The van der Waals surface area contributed by atoms with Crippen LogP contribution < -0.4 is 5.73 Å². The van der Waals surface area contributed by atoms with Gasteiger partial charge in [-0.3, -0.25) is 18.1 Å². The minimum Gasteiger partial charge on any atom is -0.424 e. The average molecular weight is 539 g/mol. The first-order valence-corrected chi connectivity index (χ1v) is 12.6. The fraction of sp³-hybridized carbons (Fsp3) is 0.429. The SMILES string of the molecule is C[C@@]12OC(=O)O[C@@H]1[C@@H](COP1(=O)OCCC(c3ccc(F)c(F)c3)O1)O[C@H]2n1cnc2c(N)ncnc21. The summed E-state index contributed by atoms with van der Waals surface area (Å²) in [6.07, 6.45) is -1.73. The Labute approximate surface area is 207 Å². The number of carbonyl (C=O) groups is 1. The molecule has 0 bridgehead atoms. The normalized spacial score (nSPS) is 33.3. The number of anilines is 1. The van der Waals surface area contributed by atoms with Crippen LogP contribution >= 0.6 is 7.82 Å². The van der Waals surface area contributed by atoms with Crippen LogP contribution in [0.3, 0.4) is 0 Å². The summed E-state index contributed by atoms with van der Waals surface area (Å²) >= 11 is 0. The molecule has 0 radical (unpaired) electrons. The van der Waals surface area contributed by atoms with Gasteiger partial charge >= 0.3 is 14.0 Å². The molecule has 3 fully saturated rings. The van der Waals surface area contributed by atoms with Crippen LogP contribution in [0.15, 0.2) is 30.9 Å². The number of rotatable bonds is 5. The van der Waals surface area contributed by atoms with E-state index in [9.17, 15) is 18.1 Å². The summed E-state index contributed by atoms with van der Waals surface area (Å²) in [6, 6.07) is 3.25. The first-order chi connectivity index (χ1) is 17.7. The zero-order chi connectivity index (χ0) is 25.9. The predicted molar refractivity (Wildman–Crippen MR) is 118 cm³/mol. The molecule has 1 aromatic carbocycles. The highest BCUT2D eigenvalue weighted by Gasteiger charge is 2.64. The van der Waals surface area contributed by atoms with Crippen molar-refractivity contribution < 1.29 is 45.9 Å². The van der Waals surface area contributed by atoms with Crippen molar-refractivity contribution in [3.8, 4) is 0 Å². The van der Waals surface area contributed by atoms with Crippen LogP contribution in [0.5, 0.6) is 0 Å². The maximum atomic E-state index is 13.7. The minimum atomic E-state index is -4.15. The molecule has 0 aliphatic carbocycles. The highest BCUT2D eigenvalue weighted by atomic mass is 31.2. The Balaban J connectivity index is 1.22.